The second-order valence-corrected chi connectivity index (χ2v) is 3.81. The summed E-state index contributed by atoms with van der Waals surface area (Å²) in [5.74, 6) is 0.0595. The minimum Gasteiger partial charge on any atom is -0.469 e. The molecule has 74 valence electrons. The molecule has 2 fully saturated rings. The lowest BCUT2D eigenvalue weighted by Gasteiger charge is -2.29. The van der Waals surface area contributed by atoms with Crippen LogP contribution in [0.4, 0.5) is 0 Å². The molecule has 0 bridgehead atoms. The summed E-state index contributed by atoms with van der Waals surface area (Å²) in [6, 6.07) is 0.554. The molecule has 4 nitrogen and oxygen atoms in total. The standard InChI is InChI=1S/C9H16N2O2/c1-13-9(12)7-4-8-5-10-2-3-11(8)6-7/h7-8,10H,2-6H2,1H3/t7-,8+/m0/s1. The molecule has 2 heterocycles. The van der Waals surface area contributed by atoms with E-state index >= 15 is 0 Å². The fraction of sp³-hybridized carbons (Fsp3) is 0.889. The van der Waals surface area contributed by atoms with Crippen molar-refractivity contribution in [2.75, 3.05) is 33.3 Å². The average molecular weight is 184 g/mol. The Balaban J connectivity index is 1.94. The lowest BCUT2D eigenvalue weighted by Crippen LogP contribution is -2.47. The molecule has 2 rings (SSSR count). The summed E-state index contributed by atoms with van der Waals surface area (Å²) in [6.07, 6.45) is 0.958. The number of nitrogens with one attached hydrogen (secondary N) is 1. The summed E-state index contributed by atoms with van der Waals surface area (Å²) >= 11 is 0. The number of methoxy groups -OCH3 is 1. The molecule has 0 aromatic rings. The third-order valence-electron chi connectivity index (χ3n) is 3.02. The minimum absolute atomic E-state index is 0.0469. The van der Waals surface area contributed by atoms with E-state index in [2.05, 4.69) is 10.2 Å². The molecule has 0 amide bonds. The predicted octanol–water partition coefficient (Wildman–Crippen LogP) is -0.547. The predicted molar refractivity (Wildman–Crippen MR) is 48.4 cm³/mol. The van der Waals surface area contributed by atoms with Gasteiger partial charge in [0, 0.05) is 32.2 Å². The van der Waals surface area contributed by atoms with Crippen LogP contribution in [-0.2, 0) is 9.53 Å². The van der Waals surface area contributed by atoms with Crippen LogP contribution in [0, 0.1) is 5.92 Å². The van der Waals surface area contributed by atoms with Crippen molar-refractivity contribution in [2.45, 2.75) is 12.5 Å². The van der Waals surface area contributed by atoms with Crippen molar-refractivity contribution < 1.29 is 9.53 Å². The van der Waals surface area contributed by atoms with Crippen LogP contribution < -0.4 is 5.32 Å². The highest BCUT2D eigenvalue weighted by atomic mass is 16.5. The second kappa shape index (κ2) is 3.64. The molecular formula is C9H16N2O2. The van der Waals surface area contributed by atoms with Crippen LogP contribution in [0.3, 0.4) is 0 Å². The summed E-state index contributed by atoms with van der Waals surface area (Å²) in [7, 11) is 1.47. The van der Waals surface area contributed by atoms with E-state index in [1.165, 1.54) is 7.11 Å². The van der Waals surface area contributed by atoms with Crippen molar-refractivity contribution in [2.24, 2.45) is 5.92 Å². The third kappa shape index (κ3) is 1.69. The van der Waals surface area contributed by atoms with Crippen molar-refractivity contribution in [1.82, 2.24) is 10.2 Å². The average Bonchev–Trinajstić information content (AvgIpc) is 2.59. The molecule has 4 heteroatoms. The Kier molecular flexibility index (Phi) is 2.51. The van der Waals surface area contributed by atoms with Gasteiger partial charge < -0.3 is 10.1 Å². The highest BCUT2D eigenvalue weighted by Gasteiger charge is 2.37. The Hall–Kier alpha value is -0.610. The first-order valence-corrected chi connectivity index (χ1v) is 4.84. The fourth-order valence-corrected chi connectivity index (χ4v) is 2.30. The molecule has 13 heavy (non-hydrogen) atoms. The van der Waals surface area contributed by atoms with Gasteiger partial charge in [-0.25, -0.2) is 0 Å². The molecule has 0 aromatic carbocycles. The first-order valence-electron chi connectivity index (χ1n) is 4.84. The zero-order chi connectivity index (χ0) is 9.26. The number of hydrogen-bond donors (Lipinski definition) is 1. The first kappa shape index (κ1) is 8.97. The third-order valence-corrected chi connectivity index (χ3v) is 3.02. The number of nitrogens with zero attached hydrogens (tertiary/aromatic N) is 1. The van der Waals surface area contributed by atoms with E-state index in [4.69, 9.17) is 4.74 Å². The highest BCUT2D eigenvalue weighted by molar-refractivity contribution is 5.73. The SMILES string of the molecule is COC(=O)[C@H]1C[C@@H]2CNCCN2C1. The van der Waals surface area contributed by atoms with Gasteiger partial charge in [0.05, 0.1) is 13.0 Å². The van der Waals surface area contributed by atoms with Crippen LogP contribution in [0.15, 0.2) is 0 Å². The fourth-order valence-electron chi connectivity index (χ4n) is 2.30. The van der Waals surface area contributed by atoms with Crippen LogP contribution in [0.25, 0.3) is 0 Å². The maximum atomic E-state index is 11.3. The summed E-state index contributed by atoms with van der Waals surface area (Å²) in [6.45, 7) is 4.02. The van der Waals surface area contributed by atoms with Crippen molar-refractivity contribution >= 4 is 5.97 Å². The molecule has 0 unspecified atom stereocenters. The smallest absolute Gasteiger partial charge is 0.310 e. The van der Waals surface area contributed by atoms with Crippen molar-refractivity contribution in [3.63, 3.8) is 0 Å². The van der Waals surface area contributed by atoms with E-state index in [-0.39, 0.29) is 11.9 Å². The van der Waals surface area contributed by atoms with Crippen LogP contribution in [0.2, 0.25) is 0 Å². The summed E-state index contributed by atoms with van der Waals surface area (Å²) in [5.41, 5.74) is 0. The number of fused-ring (bicyclic) bond motifs is 1. The molecule has 0 spiro atoms. The van der Waals surface area contributed by atoms with Crippen molar-refractivity contribution in [3.8, 4) is 0 Å². The number of carbonyl (C=O) groups excluding carboxylic acids is 1. The largest absolute Gasteiger partial charge is 0.469 e. The van der Waals surface area contributed by atoms with Gasteiger partial charge in [0.1, 0.15) is 0 Å². The van der Waals surface area contributed by atoms with E-state index in [1.54, 1.807) is 0 Å². The monoisotopic (exact) mass is 184 g/mol. The first-order chi connectivity index (χ1) is 6.31. The molecule has 0 aromatic heterocycles. The van der Waals surface area contributed by atoms with Crippen LogP contribution >= 0.6 is 0 Å². The number of rotatable bonds is 1. The lowest BCUT2D eigenvalue weighted by molar-refractivity contribution is -0.144. The lowest BCUT2D eigenvalue weighted by atomic mass is 10.1. The van der Waals surface area contributed by atoms with Gasteiger partial charge in [0.2, 0.25) is 0 Å². The van der Waals surface area contributed by atoms with Crippen molar-refractivity contribution in [3.05, 3.63) is 0 Å². The Morgan fingerprint density at radius 2 is 2.46 bits per heavy atom. The number of hydrogen-bond acceptors (Lipinski definition) is 4. The second-order valence-electron chi connectivity index (χ2n) is 3.81. The van der Waals surface area contributed by atoms with Crippen molar-refractivity contribution in [1.29, 1.82) is 0 Å². The Morgan fingerprint density at radius 1 is 1.62 bits per heavy atom. The molecule has 2 atom stereocenters. The minimum atomic E-state index is -0.0469. The molecule has 2 aliphatic heterocycles. The maximum Gasteiger partial charge on any atom is 0.310 e. The quantitative estimate of drug-likeness (QED) is 0.555. The number of ether oxygens (including phenoxy) is 1. The summed E-state index contributed by atoms with van der Waals surface area (Å²) in [4.78, 5) is 13.7. The van der Waals surface area contributed by atoms with Gasteiger partial charge in [-0.05, 0) is 6.42 Å². The van der Waals surface area contributed by atoms with E-state index in [9.17, 15) is 4.79 Å². The molecule has 0 saturated carbocycles. The normalized spacial score (nSPS) is 34.2. The molecule has 0 aliphatic carbocycles. The molecule has 2 saturated heterocycles. The summed E-state index contributed by atoms with van der Waals surface area (Å²) in [5, 5.41) is 3.34. The molecule has 1 N–H and O–H groups in total. The van der Waals surface area contributed by atoms with E-state index < -0.39 is 0 Å². The van der Waals surface area contributed by atoms with E-state index in [1.807, 2.05) is 0 Å². The molecule has 2 aliphatic rings. The topological polar surface area (TPSA) is 41.6 Å². The molecular weight excluding hydrogens is 168 g/mol. The zero-order valence-electron chi connectivity index (χ0n) is 7.95. The van der Waals surface area contributed by atoms with Crippen LogP contribution in [0.1, 0.15) is 6.42 Å². The summed E-state index contributed by atoms with van der Waals surface area (Å²) < 4.78 is 4.75. The number of esters is 1. The molecule has 0 radical (unpaired) electrons. The van der Waals surface area contributed by atoms with Gasteiger partial charge in [0.25, 0.3) is 0 Å². The number of piperazine rings is 1. The van der Waals surface area contributed by atoms with Crippen LogP contribution in [-0.4, -0.2) is 50.2 Å². The van der Waals surface area contributed by atoms with E-state index in [0.29, 0.717) is 6.04 Å². The maximum absolute atomic E-state index is 11.3. The van der Waals surface area contributed by atoms with Gasteiger partial charge in [-0.2, -0.15) is 0 Å². The Labute approximate surface area is 78.2 Å². The zero-order valence-corrected chi connectivity index (χ0v) is 7.95. The number of carbonyl (C=O) groups is 1. The van der Waals surface area contributed by atoms with Gasteiger partial charge >= 0.3 is 5.97 Å². The van der Waals surface area contributed by atoms with E-state index in [0.717, 1.165) is 32.6 Å². The highest BCUT2D eigenvalue weighted by Crippen LogP contribution is 2.24. The van der Waals surface area contributed by atoms with Gasteiger partial charge in [-0.15, -0.1) is 0 Å². The van der Waals surface area contributed by atoms with Gasteiger partial charge in [-0.1, -0.05) is 0 Å². The Morgan fingerprint density at radius 3 is 3.15 bits per heavy atom. The van der Waals surface area contributed by atoms with Crippen LogP contribution in [0.5, 0.6) is 0 Å². The van der Waals surface area contributed by atoms with Gasteiger partial charge in [0.15, 0.2) is 0 Å². The Bertz CT molecular complexity index is 194. The van der Waals surface area contributed by atoms with Gasteiger partial charge in [-0.3, -0.25) is 9.69 Å².